The van der Waals surface area contributed by atoms with Crippen LogP contribution in [-0.4, -0.2) is 51.5 Å². The SMILES string of the molecule is C=CCC[C@H]1OC(=O)[C@H](C)[C@@H](O)[C@H](C)[C@@H](O)[C@@H](C)C[C@@H](C)C(=O)[C@H](C)[C@@H](O)[C@H]1C. The van der Waals surface area contributed by atoms with E-state index < -0.39 is 54.1 Å². The number of carbonyl (C=O) groups excluding carboxylic acids is 2. The minimum atomic E-state index is -1.08. The summed E-state index contributed by atoms with van der Waals surface area (Å²) in [5, 5.41) is 32.2. The third kappa shape index (κ3) is 6.37. The van der Waals surface area contributed by atoms with E-state index in [4.69, 9.17) is 4.74 Å². The first-order valence-corrected chi connectivity index (χ1v) is 10.8. The molecule has 1 saturated heterocycles. The van der Waals surface area contributed by atoms with Crippen LogP contribution in [0, 0.1) is 35.5 Å². The zero-order chi connectivity index (χ0) is 22.5. The molecule has 1 rings (SSSR count). The molecule has 0 unspecified atom stereocenters. The number of Topliss-reactive ketones (excluding diaryl/α,β-unsaturated/α-hetero) is 1. The van der Waals surface area contributed by atoms with Gasteiger partial charge in [-0.2, -0.15) is 0 Å². The molecule has 6 heteroatoms. The molecule has 1 aliphatic heterocycles. The molecule has 3 N–H and O–H groups in total. The number of cyclic esters (lactones) is 1. The number of rotatable bonds is 3. The normalized spacial score (nSPS) is 43.3. The van der Waals surface area contributed by atoms with Gasteiger partial charge in [0.25, 0.3) is 0 Å². The van der Waals surface area contributed by atoms with Crippen molar-refractivity contribution in [2.45, 2.75) is 85.2 Å². The maximum Gasteiger partial charge on any atom is 0.311 e. The zero-order valence-electron chi connectivity index (χ0n) is 18.7. The molecular weight excluding hydrogens is 372 g/mol. The molecule has 1 heterocycles. The fourth-order valence-electron chi connectivity index (χ4n) is 4.39. The van der Waals surface area contributed by atoms with Crippen molar-refractivity contribution in [1.29, 1.82) is 0 Å². The van der Waals surface area contributed by atoms with E-state index in [9.17, 15) is 24.9 Å². The first kappa shape index (κ1) is 25.8. The van der Waals surface area contributed by atoms with Crippen LogP contribution in [0.25, 0.3) is 0 Å². The molecular formula is C23H40O6. The molecule has 0 radical (unpaired) electrons. The van der Waals surface area contributed by atoms with Crippen molar-refractivity contribution in [3.63, 3.8) is 0 Å². The molecule has 6 nitrogen and oxygen atoms in total. The molecule has 168 valence electrons. The maximum absolute atomic E-state index is 12.9. The van der Waals surface area contributed by atoms with Crippen molar-refractivity contribution >= 4 is 11.8 Å². The highest BCUT2D eigenvalue weighted by Crippen LogP contribution is 2.31. The third-order valence-electron chi connectivity index (χ3n) is 6.76. The minimum Gasteiger partial charge on any atom is -0.462 e. The number of aliphatic hydroxyl groups is 3. The summed E-state index contributed by atoms with van der Waals surface area (Å²) in [5.74, 6) is -3.65. The molecule has 10 atom stereocenters. The van der Waals surface area contributed by atoms with Crippen molar-refractivity contribution in [3.05, 3.63) is 12.7 Å². The van der Waals surface area contributed by atoms with Gasteiger partial charge in [0, 0.05) is 23.7 Å². The number of hydrogen-bond donors (Lipinski definition) is 3. The predicted octanol–water partition coefficient (Wildman–Crippen LogP) is 2.74. The quantitative estimate of drug-likeness (QED) is 0.486. The van der Waals surface area contributed by atoms with Gasteiger partial charge < -0.3 is 20.1 Å². The summed E-state index contributed by atoms with van der Waals surface area (Å²) in [7, 11) is 0. The summed E-state index contributed by atoms with van der Waals surface area (Å²) in [5.41, 5.74) is 0. The van der Waals surface area contributed by atoms with Crippen LogP contribution in [0.4, 0.5) is 0 Å². The van der Waals surface area contributed by atoms with Gasteiger partial charge in [-0.1, -0.05) is 40.7 Å². The topological polar surface area (TPSA) is 104 Å². The highest BCUT2D eigenvalue weighted by atomic mass is 16.5. The van der Waals surface area contributed by atoms with Crippen LogP contribution in [0.5, 0.6) is 0 Å². The number of hydrogen-bond acceptors (Lipinski definition) is 6. The fraction of sp³-hybridized carbons (Fsp3) is 0.826. The average Bonchev–Trinajstić information content (AvgIpc) is 2.71. The van der Waals surface area contributed by atoms with Crippen LogP contribution in [0.15, 0.2) is 12.7 Å². The van der Waals surface area contributed by atoms with E-state index in [1.807, 2.05) is 13.8 Å². The second-order valence-corrected chi connectivity index (χ2v) is 9.13. The van der Waals surface area contributed by atoms with Crippen LogP contribution >= 0.6 is 0 Å². The third-order valence-corrected chi connectivity index (χ3v) is 6.76. The summed E-state index contributed by atoms with van der Waals surface area (Å²) >= 11 is 0. The van der Waals surface area contributed by atoms with Crippen LogP contribution in [0.2, 0.25) is 0 Å². The Kier molecular flexibility index (Phi) is 9.99. The van der Waals surface area contributed by atoms with E-state index in [0.717, 1.165) is 0 Å². The first-order valence-electron chi connectivity index (χ1n) is 10.8. The lowest BCUT2D eigenvalue weighted by molar-refractivity contribution is -0.166. The second-order valence-electron chi connectivity index (χ2n) is 9.13. The number of carbonyl (C=O) groups is 2. The Hall–Kier alpha value is -1.24. The van der Waals surface area contributed by atoms with Crippen LogP contribution in [0.1, 0.15) is 60.8 Å². The van der Waals surface area contributed by atoms with Gasteiger partial charge in [-0.15, -0.1) is 6.58 Å². The van der Waals surface area contributed by atoms with Crippen molar-refractivity contribution in [1.82, 2.24) is 0 Å². The monoisotopic (exact) mass is 412 g/mol. The smallest absolute Gasteiger partial charge is 0.311 e. The van der Waals surface area contributed by atoms with Gasteiger partial charge in [0.1, 0.15) is 11.9 Å². The number of ketones is 1. The summed E-state index contributed by atoms with van der Waals surface area (Å²) in [6.45, 7) is 14.1. The molecule has 1 aliphatic rings. The van der Waals surface area contributed by atoms with Gasteiger partial charge in [0.2, 0.25) is 0 Å². The van der Waals surface area contributed by atoms with Gasteiger partial charge in [0.15, 0.2) is 0 Å². The molecule has 0 bridgehead atoms. The molecule has 0 spiro atoms. The average molecular weight is 413 g/mol. The molecule has 0 saturated carbocycles. The Balaban J connectivity index is 3.27. The van der Waals surface area contributed by atoms with Crippen LogP contribution in [0.3, 0.4) is 0 Å². The number of ether oxygens (including phenoxy) is 1. The van der Waals surface area contributed by atoms with E-state index in [-0.39, 0.29) is 17.6 Å². The Morgan fingerprint density at radius 1 is 0.931 bits per heavy atom. The largest absolute Gasteiger partial charge is 0.462 e. The molecule has 1 fully saturated rings. The van der Waals surface area contributed by atoms with Gasteiger partial charge >= 0.3 is 5.97 Å². The zero-order valence-corrected chi connectivity index (χ0v) is 18.7. The lowest BCUT2D eigenvalue weighted by atomic mass is 9.77. The van der Waals surface area contributed by atoms with Gasteiger partial charge in [-0.25, -0.2) is 0 Å². The van der Waals surface area contributed by atoms with E-state index in [2.05, 4.69) is 6.58 Å². The Morgan fingerprint density at radius 2 is 1.48 bits per heavy atom. The summed E-state index contributed by atoms with van der Waals surface area (Å²) in [6.07, 6.45) is -0.275. The van der Waals surface area contributed by atoms with Crippen molar-refractivity contribution < 1.29 is 29.6 Å². The van der Waals surface area contributed by atoms with Gasteiger partial charge in [0.05, 0.1) is 24.2 Å². The van der Waals surface area contributed by atoms with E-state index in [0.29, 0.717) is 19.3 Å². The maximum atomic E-state index is 12.9. The van der Waals surface area contributed by atoms with E-state index in [1.165, 1.54) is 0 Å². The van der Waals surface area contributed by atoms with E-state index in [1.54, 1.807) is 33.8 Å². The van der Waals surface area contributed by atoms with Gasteiger partial charge in [-0.3, -0.25) is 9.59 Å². The Morgan fingerprint density at radius 3 is 2.03 bits per heavy atom. The summed E-state index contributed by atoms with van der Waals surface area (Å²) in [4.78, 5) is 25.6. The Bertz CT molecular complexity index is 562. The predicted molar refractivity (Wildman–Crippen MR) is 112 cm³/mol. The Labute approximate surface area is 175 Å². The van der Waals surface area contributed by atoms with Crippen LogP contribution < -0.4 is 0 Å². The minimum absolute atomic E-state index is 0.0733. The molecule has 0 aromatic carbocycles. The molecule has 0 aliphatic carbocycles. The highest BCUT2D eigenvalue weighted by Gasteiger charge is 2.40. The van der Waals surface area contributed by atoms with Crippen molar-refractivity contribution in [2.24, 2.45) is 35.5 Å². The number of aliphatic hydroxyl groups excluding tert-OH is 3. The second kappa shape index (κ2) is 11.2. The van der Waals surface area contributed by atoms with Crippen LogP contribution in [-0.2, 0) is 14.3 Å². The first-order chi connectivity index (χ1) is 13.4. The fourth-order valence-corrected chi connectivity index (χ4v) is 4.39. The molecule has 29 heavy (non-hydrogen) atoms. The number of allylic oxidation sites excluding steroid dienone is 1. The number of esters is 1. The lowest BCUT2D eigenvalue weighted by Gasteiger charge is -2.36. The standard InChI is InChI=1S/C23H40O6/c1-8-9-10-18-14(4)21(26)15(5)19(24)12(2)11-13(3)20(25)16(6)22(27)17(7)23(28)29-18/h8,12-18,20-22,25-27H,1,9-11H2,2-7H3/t12-,13+,14+,15+,16-,17-,18-,20+,21+,22+/m1/s1. The highest BCUT2D eigenvalue weighted by molar-refractivity contribution is 5.83. The summed E-state index contributed by atoms with van der Waals surface area (Å²) in [6, 6.07) is 0. The van der Waals surface area contributed by atoms with E-state index >= 15 is 0 Å². The van der Waals surface area contributed by atoms with Crippen molar-refractivity contribution in [2.75, 3.05) is 0 Å². The lowest BCUT2D eigenvalue weighted by Crippen LogP contribution is -2.45. The molecule has 0 aromatic heterocycles. The summed E-state index contributed by atoms with van der Waals surface area (Å²) < 4.78 is 5.68. The van der Waals surface area contributed by atoms with Gasteiger partial charge in [-0.05, 0) is 32.1 Å². The molecule has 0 aromatic rings. The van der Waals surface area contributed by atoms with Crippen molar-refractivity contribution in [3.8, 4) is 0 Å². The molecule has 0 amide bonds.